The number of pyridine rings is 1. The number of carbonyl (C=O) groups is 2. The highest BCUT2D eigenvalue weighted by Gasteiger charge is 2.17. The van der Waals surface area contributed by atoms with Crippen molar-refractivity contribution in [2.45, 2.75) is 0 Å². The summed E-state index contributed by atoms with van der Waals surface area (Å²) in [4.78, 5) is 29.9. The minimum Gasteiger partial charge on any atom is -0.481 e. The van der Waals surface area contributed by atoms with Gasteiger partial charge in [0.15, 0.2) is 0 Å². The number of anilines is 1. The Morgan fingerprint density at radius 3 is 2.68 bits per heavy atom. The van der Waals surface area contributed by atoms with Crippen LogP contribution in [-0.4, -0.2) is 62.2 Å². The lowest BCUT2D eigenvalue weighted by Crippen LogP contribution is -2.24. The first-order valence-corrected chi connectivity index (χ1v) is 7.17. The molecule has 0 aliphatic heterocycles. The Morgan fingerprint density at radius 2 is 2.08 bits per heavy atom. The quantitative estimate of drug-likeness (QED) is 0.237. The first-order valence-electron chi connectivity index (χ1n) is 7.17. The molecule has 0 aliphatic rings. The lowest BCUT2D eigenvalue weighted by molar-refractivity contribution is -0.112. The van der Waals surface area contributed by atoms with Crippen molar-refractivity contribution in [1.82, 2.24) is 20.6 Å². The van der Waals surface area contributed by atoms with Crippen LogP contribution >= 0.6 is 0 Å². The van der Waals surface area contributed by atoms with E-state index in [1.165, 1.54) is 31.8 Å². The predicted octanol–water partition coefficient (Wildman–Crippen LogP) is -0.0182. The number of aromatic nitrogens is 1. The van der Waals surface area contributed by atoms with Gasteiger partial charge in [0.1, 0.15) is 23.4 Å². The van der Waals surface area contributed by atoms with Crippen molar-refractivity contribution < 1.29 is 14.3 Å². The Hall–Kier alpha value is -3.43. The van der Waals surface area contributed by atoms with Gasteiger partial charge in [0.2, 0.25) is 5.90 Å². The largest absolute Gasteiger partial charge is 0.481 e. The lowest BCUT2D eigenvalue weighted by Gasteiger charge is -2.09. The van der Waals surface area contributed by atoms with E-state index in [1.54, 1.807) is 32.1 Å². The Morgan fingerprint density at radius 1 is 1.36 bits per heavy atom. The zero-order chi connectivity index (χ0) is 18.8. The SMILES string of the molecule is CN/C=C(\C(=N)OC)C(=O)Nc1cccc(C(=O)N/N=C\N(C)C)n1. The fourth-order valence-corrected chi connectivity index (χ4v) is 1.56. The van der Waals surface area contributed by atoms with E-state index < -0.39 is 11.8 Å². The number of ether oxygens (including phenoxy) is 1. The van der Waals surface area contributed by atoms with E-state index in [0.29, 0.717) is 0 Å². The Labute approximate surface area is 145 Å². The minimum atomic E-state index is -0.600. The number of hydrazone groups is 1. The number of hydrogen-bond donors (Lipinski definition) is 4. The van der Waals surface area contributed by atoms with E-state index in [1.807, 2.05) is 0 Å². The Balaban J connectivity index is 2.87. The molecule has 0 unspecified atom stereocenters. The molecule has 1 heterocycles. The van der Waals surface area contributed by atoms with Crippen LogP contribution in [0, 0.1) is 5.41 Å². The molecule has 10 heteroatoms. The maximum absolute atomic E-state index is 12.2. The van der Waals surface area contributed by atoms with Gasteiger partial charge in [-0.15, -0.1) is 0 Å². The van der Waals surface area contributed by atoms with E-state index >= 15 is 0 Å². The smallest absolute Gasteiger partial charge is 0.290 e. The molecule has 4 N–H and O–H groups in total. The van der Waals surface area contributed by atoms with Crippen LogP contribution in [0.25, 0.3) is 0 Å². The van der Waals surface area contributed by atoms with Gasteiger partial charge in [0.25, 0.3) is 11.8 Å². The van der Waals surface area contributed by atoms with Crippen LogP contribution in [0.2, 0.25) is 0 Å². The highest BCUT2D eigenvalue weighted by Crippen LogP contribution is 2.08. The summed E-state index contributed by atoms with van der Waals surface area (Å²) in [6.45, 7) is 0. The van der Waals surface area contributed by atoms with Gasteiger partial charge < -0.3 is 20.3 Å². The Bertz CT molecular complexity index is 698. The normalized spacial score (nSPS) is 11.0. The maximum Gasteiger partial charge on any atom is 0.290 e. The van der Waals surface area contributed by atoms with Crippen molar-refractivity contribution >= 4 is 29.9 Å². The molecule has 0 saturated carbocycles. The number of rotatable bonds is 7. The zero-order valence-electron chi connectivity index (χ0n) is 14.5. The Kier molecular flexibility index (Phi) is 7.57. The van der Waals surface area contributed by atoms with E-state index in [4.69, 9.17) is 10.1 Å². The molecule has 0 spiro atoms. The standard InChI is InChI=1S/C15H21N7O3/c1-17-8-10(13(16)25-4)14(23)20-12-7-5-6-11(19-12)15(24)21-18-9-22(2)3/h5-9,16-17H,1-4H3,(H,21,24)(H,19,20,23)/b10-8+,16-13?,18-9-. The van der Waals surface area contributed by atoms with Crippen molar-refractivity contribution in [2.75, 3.05) is 33.6 Å². The zero-order valence-corrected chi connectivity index (χ0v) is 14.5. The molecule has 1 aromatic heterocycles. The van der Waals surface area contributed by atoms with Crippen LogP contribution in [0.3, 0.4) is 0 Å². The van der Waals surface area contributed by atoms with Crippen LogP contribution in [0.5, 0.6) is 0 Å². The molecule has 10 nitrogen and oxygen atoms in total. The van der Waals surface area contributed by atoms with Gasteiger partial charge >= 0.3 is 0 Å². The summed E-state index contributed by atoms with van der Waals surface area (Å²) in [5, 5.41) is 16.5. The fraction of sp³-hybridized carbons (Fsp3) is 0.267. The van der Waals surface area contributed by atoms with Crippen molar-refractivity contribution in [2.24, 2.45) is 5.10 Å². The van der Waals surface area contributed by atoms with E-state index in [0.717, 1.165) is 0 Å². The summed E-state index contributed by atoms with van der Waals surface area (Å²) in [7, 11) is 6.40. The van der Waals surface area contributed by atoms with Crippen LogP contribution in [0.15, 0.2) is 35.1 Å². The summed E-state index contributed by atoms with van der Waals surface area (Å²) in [5.41, 5.74) is 2.38. The number of hydrogen-bond acceptors (Lipinski definition) is 7. The highest BCUT2D eigenvalue weighted by atomic mass is 16.5. The van der Waals surface area contributed by atoms with Crippen molar-refractivity contribution in [1.29, 1.82) is 5.41 Å². The molecule has 0 aromatic carbocycles. The van der Waals surface area contributed by atoms with Crippen molar-refractivity contribution in [3.63, 3.8) is 0 Å². The van der Waals surface area contributed by atoms with E-state index in [-0.39, 0.29) is 23.0 Å². The summed E-state index contributed by atoms with van der Waals surface area (Å²) < 4.78 is 4.76. The molecule has 0 aliphatic carbocycles. The number of carbonyl (C=O) groups excluding carboxylic acids is 2. The summed E-state index contributed by atoms with van der Waals surface area (Å²) in [6.07, 6.45) is 2.75. The summed E-state index contributed by atoms with van der Waals surface area (Å²) in [6, 6.07) is 4.57. The molecule has 2 amide bonds. The number of methoxy groups -OCH3 is 1. The van der Waals surface area contributed by atoms with Crippen molar-refractivity contribution in [3.8, 4) is 0 Å². The number of nitrogens with zero attached hydrogens (tertiary/aromatic N) is 3. The van der Waals surface area contributed by atoms with Crippen LogP contribution in [0.1, 0.15) is 10.5 Å². The average molecular weight is 347 g/mol. The van der Waals surface area contributed by atoms with Gasteiger partial charge in [-0.1, -0.05) is 6.07 Å². The van der Waals surface area contributed by atoms with Crippen LogP contribution < -0.4 is 16.1 Å². The molecular formula is C15H21N7O3. The molecule has 0 radical (unpaired) electrons. The highest BCUT2D eigenvalue weighted by molar-refractivity contribution is 6.21. The number of nitrogens with one attached hydrogen (secondary N) is 4. The second-order valence-corrected chi connectivity index (χ2v) is 4.89. The minimum absolute atomic E-state index is 0.0164. The molecule has 0 atom stereocenters. The topological polar surface area (TPSA) is 132 Å². The van der Waals surface area contributed by atoms with E-state index in [9.17, 15) is 9.59 Å². The second-order valence-electron chi connectivity index (χ2n) is 4.89. The molecule has 1 rings (SSSR count). The molecule has 1 aromatic rings. The van der Waals surface area contributed by atoms with Gasteiger partial charge in [-0.2, -0.15) is 5.10 Å². The average Bonchev–Trinajstić information content (AvgIpc) is 2.58. The molecule has 0 saturated heterocycles. The molecular weight excluding hydrogens is 326 g/mol. The first kappa shape index (κ1) is 19.6. The monoisotopic (exact) mass is 347 g/mol. The van der Waals surface area contributed by atoms with Crippen LogP contribution in [0.4, 0.5) is 5.82 Å². The predicted molar refractivity (Wildman–Crippen MR) is 94.4 cm³/mol. The van der Waals surface area contributed by atoms with Gasteiger partial charge in [-0.05, 0) is 12.1 Å². The molecule has 25 heavy (non-hydrogen) atoms. The summed E-state index contributed by atoms with van der Waals surface area (Å²) >= 11 is 0. The first-order chi connectivity index (χ1) is 11.9. The molecule has 134 valence electrons. The third kappa shape index (κ3) is 6.29. The summed E-state index contributed by atoms with van der Waals surface area (Å²) in [5.74, 6) is -1.28. The fourth-order valence-electron chi connectivity index (χ4n) is 1.56. The second kappa shape index (κ2) is 9.65. The lowest BCUT2D eigenvalue weighted by atomic mass is 10.2. The third-order valence-corrected chi connectivity index (χ3v) is 2.66. The van der Waals surface area contributed by atoms with Gasteiger partial charge in [0, 0.05) is 27.3 Å². The maximum atomic E-state index is 12.2. The van der Waals surface area contributed by atoms with Crippen LogP contribution in [-0.2, 0) is 9.53 Å². The molecule has 0 fully saturated rings. The van der Waals surface area contributed by atoms with Gasteiger partial charge in [-0.3, -0.25) is 15.0 Å². The van der Waals surface area contributed by atoms with Gasteiger partial charge in [-0.25, -0.2) is 10.4 Å². The number of amides is 2. The third-order valence-electron chi connectivity index (χ3n) is 2.66. The van der Waals surface area contributed by atoms with Gasteiger partial charge in [0.05, 0.1) is 7.11 Å². The molecule has 0 bridgehead atoms. The van der Waals surface area contributed by atoms with E-state index in [2.05, 4.69) is 26.1 Å². The van der Waals surface area contributed by atoms with Crippen molar-refractivity contribution in [3.05, 3.63) is 35.7 Å².